The van der Waals surface area contributed by atoms with Gasteiger partial charge < -0.3 is 10.1 Å². The zero-order chi connectivity index (χ0) is 12.2. The topological polar surface area (TPSA) is 38.3 Å². The van der Waals surface area contributed by atoms with E-state index in [2.05, 4.69) is 11.6 Å². The summed E-state index contributed by atoms with van der Waals surface area (Å²) in [7, 11) is 1.45. The molecule has 0 aromatic carbocycles. The molecule has 2 atom stereocenters. The highest BCUT2D eigenvalue weighted by atomic mass is 32.2. The van der Waals surface area contributed by atoms with E-state index in [1.54, 1.807) is 0 Å². The number of rotatable bonds is 5. The van der Waals surface area contributed by atoms with Crippen LogP contribution in [0, 0.1) is 5.41 Å². The molecule has 1 saturated carbocycles. The lowest BCUT2D eigenvalue weighted by atomic mass is 9.93. The van der Waals surface area contributed by atoms with Gasteiger partial charge in [-0.05, 0) is 39.4 Å². The highest BCUT2D eigenvalue weighted by Crippen LogP contribution is 2.28. The first kappa shape index (κ1) is 13.8. The number of thioether (sulfide) groups is 1. The zero-order valence-electron chi connectivity index (χ0n) is 10.7. The molecule has 0 aromatic heterocycles. The second-order valence-corrected chi connectivity index (χ2v) is 6.26. The van der Waals surface area contributed by atoms with E-state index in [0.717, 1.165) is 5.25 Å². The molecule has 0 heterocycles. The molecule has 1 fully saturated rings. The Kier molecular flexibility index (Phi) is 5.12. The van der Waals surface area contributed by atoms with Crippen molar-refractivity contribution in [2.45, 2.75) is 44.4 Å². The van der Waals surface area contributed by atoms with E-state index in [1.165, 1.54) is 26.4 Å². The minimum Gasteiger partial charge on any atom is -0.469 e. The molecule has 3 nitrogen and oxygen atoms in total. The third-order valence-corrected chi connectivity index (χ3v) is 4.38. The van der Waals surface area contributed by atoms with Crippen LogP contribution in [0.1, 0.15) is 33.1 Å². The Balaban J connectivity index is 2.32. The lowest BCUT2D eigenvalue weighted by Gasteiger charge is -2.24. The molecule has 0 aromatic rings. The second-order valence-electron chi connectivity index (χ2n) is 5.12. The second kappa shape index (κ2) is 5.92. The number of hydrogen-bond acceptors (Lipinski definition) is 4. The van der Waals surface area contributed by atoms with E-state index in [0.29, 0.717) is 12.6 Å². The van der Waals surface area contributed by atoms with Gasteiger partial charge in [-0.2, -0.15) is 11.8 Å². The van der Waals surface area contributed by atoms with E-state index in [1.807, 2.05) is 25.6 Å². The summed E-state index contributed by atoms with van der Waals surface area (Å²) in [5.41, 5.74) is -0.424. The summed E-state index contributed by atoms with van der Waals surface area (Å²) in [5.74, 6) is -0.139. The Bertz CT molecular complexity index is 243. The van der Waals surface area contributed by atoms with E-state index >= 15 is 0 Å². The molecule has 16 heavy (non-hydrogen) atoms. The van der Waals surface area contributed by atoms with Gasteiger partial charge in [0.05, 0.1) is 12.5 Å². The Morgan fingerprint density at radius 2 is 2.19 bits per heavy atom. The molecule has 94 valence electrons. The van der Waals surface area contributed by atoms with E-state index in [4.69, 9.17) is 4.74 Å². The number of hydrogen-bond donors (Lipinski definition) is 1. The number of carbonyl (C=O) groups is 1. The molecule has 1 aliphatic carbocycles. The first-order chi connectivity index (χ1) is 7.49. The van der Waals surface area contributed by atoms with Crippen molar-refractivity contribution in [1.82, 2.24) is 5.32 Å². The molecule has 0 saturated heterocycles. The molecule has 0 radical (unpaired) electrons. The van der Waals surface area contributed by atoms with Crippen LogP contribution in [0.5, 0.6) is 0 Å². The Morgan fingerprint density at radius 1 is 1.50 bits per heavy atom. The fourth-order valence-corrected chi connectivity index (χ4v) is 2.88. The van der Waals surface area contributed by atoms with Crippen LogP contribution in [0.4, 0.5) is 0 Å². The molecule has 2 unspecified atom stereocenters. The predicted octanol–water partition coefficient (Wildman–Crippen LogP) is 2.06. The van der Waals surface area contributed by atoms with Crippen molar-refractivity contribution < 1.29 is 9.53 Å². The van der Waals surface area contributed by atoms with Gasteiger partial charge in [0.15, 0.2) is 0 Å². The van der Waals surface area contributed by atoms with E-state index < -0.39 is 5.41 Å². The van der Waals surface area contributed by atoms with Gasteiger partial charge in [-0.1, -0.05) is 0 Å². The zero-order valence-corrected chi connectivity index (χ0v) is 11.5. The number of nitrogens with one attached hydrogen (secondary N) is 1. The van der Waals surface area contributed by atoms with Crippen LogP contribution in [0.25, 0.3) is 0 Å². The van der Waals surface area contributed by atoms with Crippen LogP contribution < -0.4 is 5.32 Å². The van der Waals surface area contributed by atoms with Crippen LogP contribution in [-0.2, 0) is 9.53 Å². The molecule has 1 aliphatic rings. The Morgan fingerprint density at radius 3 is 2.69 bits per heavy atom. The van der Waals surface area contributed by atoms with Crippen molar-refractivity contribution in [3.8, 4) is 0 Å². The minimum atomic E-state index is -0.424. The highest BCUT2D eigenvalue weighted by Gasteiger charge is 2.31. The number of carbonyl (C=O) groups excluding carboxylic acids is 1. The first-order valence-corrected chi connectivity index (χ1v) is 7.13. The highest BCUT2D eigenvalue weighted by molar-refractivity contribution is 7.99. The Labute approximate surface area is 103 Å². The quantitative estimate of drug-likeness (QED) is 0.753. The standard InChI is InChI=1S/C12H23NO2S/c1-12(2,11(14)15-3)8-13-9-5-6-10(7-9)16-4/h9-10,13H,5-8H2,1-4H3. The monoisotopic (exact) mass is 245 g/mol. The van der Waals surface area contributed by atoms with Crippen molar-refractivity contribution in [3.05, 3.63) is 0 Å². The molecular weight excluding hydrogens is 222 g/mol. The van der Waals surface area contributed by atoms with Gasteiger partial charge >= 0.3 is 5.97 Å². The summed E-state index contributed by atoms with van der Waals surface area (Å²) >= 11 is 1.95. The van der Waals surface area contributed by atoms with Crippen molar-refractivity contribution >= 4 is 17.7 Å². The summed E-state index contributed by atoms with van der Waals surface area (Å²) < 4.78 is 4.79. The van der Waals surface area contributed by atoms with Gasteiger partial charge in [-0.25, -0.2) is 0 Å². The summed E-state index contributed by atoms with van der Waals surface area (Å²) in [5, 5.41) is 4.28. The molecule has 0 spiro atoms. The largest absolute Gasteiger partial charge is 0.469 e. The minimum absolute atomic E-state index is 0.139. The van der Waals surface area contributed by atoms with Gasteiger partial charge in [0.1, 0.15) is 0 Å². The van der Waals surface area contributed by atoms with Crippen molar-refractivity contribution in [2.75, 3.05) is 19.9 Å². The van der Waals surface area contributed by atoms with Gasteiger partial charge in [-0.3, -0.25) is 4.79 Å². The summed E-state index contributed by atoms with van der Waals surface area (Å²) in [6.45, 7) is 4.55. The van der Waals surface area contributed by atoms with Crippen LogP contribution in [0.3, 0.4) is 0 Å². The molecule has 0 aliphatic heterocycles. The molecular formula is C12H23NO2S. The van der Waals surface area contributed by atoms with E-state index in [-0.39, 0.29) is 5.97 Å². The average molecular weight is 245 g/mol. The molecule has 1 rings (SSSR count). The third kappa shape index (κ3) is 3.67. The predicted molar refractivity (Wildman–Crippen MR) is 68.7 cm³/mol. The number of ether oxygens (including phenoxy) is 1. The van der Waals surface area contributed by atoms with Crippen LogP contribution in [0.2, 0.25) is 0 Å². The molecule has 1 N–H and O–H groups in total. The van der Waals surface area contributed by atoms with Gasteiger partial charge in [0.25, 0.3) is 0 Å². The maximum absolute atomic E-state index is 11.5. The average Bonchev–Trinajstić information content (AvgIpc) is 2.73. The smallest absolute Gasteiger partial charge is 0.312 e. The molecule has 0 bridgehead atoms. The van der Waals surface area contributed by atoms with Crippen LogP contribution >= 0.6 is 11.8 Å². The lowest BCUT2D eigenvalue weighted by Crippen LogP contribution is -2.40. The SMILES string of the molecule is COC(=O)C(C)(C)CNC1CCC(SC)C1. The first-order valence-electron chi connectivity index (χ1n) is 5.84. The fourth-order valence-electron chi connectivity index (χ4n) is 2.09. The van der Waals surface area contributed by atoms with Crippen molar-refractivity contribution in [3.63, 3.8) is 0 Å². The maximum Gasteiger partial charge on any atom is 0.312 e. The van der Waals surface area contributed by atoms with Gasteiger partial charge in [0, 0.05) is 17.8 Å². The third-order valence-electron chi connectivity index (χ3n) is 3.29. The Hall–Kier alpha value is -0.220. The molecule has 4 heteroatoms. The number of esters is 1. The van der Waals surface area contributed by atoms with Gasteiger partial charge in [-0.15, -0.1) is 0 Å². The molecule has 0 amide bonds. The van der Waals surface area contributed by atoms with Crippen LogP contribution in [-0.4, -0.2) is 37.2 Å². The maximum atomic E-state index is 11.5. The summed E-state index contributed by atoms with van der Waals surface area (Å²) in [4.78, 5) is 11.5. The van der Waals surface area contributed by atoms with Crippen molar-refractivity contribution in [1.29, 1.82) is 0 Å². The summed E-state index contributed by atoms with van der Waals surface area (Å²) in [6, 6.07) is 0.571. The number of methoxy groups -OCH3 is 1. The van der Waals surface area contributed by atoms with Crippen molar-refractivity contribution in [2.24, 2.45) is 5.41 Å². The normalized spacial score (nSPS) is 25.8. The fraction of sp³-hybridized carbons (Fsp3) is 0.917. The van der Waals surface area contributed by atoms with Crippen LogP contribution in [0.15, 0.2) is 0 Å². The lowest BCUT2D eigenvalue weighted by molar-refractivity contribution is -0.150. The van der Waals surface area contributed by atoms with Gasteiger partial charge in [0.2, 0.25) is 0 Å². The summed E-state index contributed by atoms with van der Waals surface area (Å²) in [6.07, 6.45) is 5.91. The van der Waals surface area contributed by atoms with E-state index in [9.17, 15) is 4.79 Å².